The maximum atomic E-state index is 12.1. The molecule has 0 radical (unpaired) electrons. The van der Waals surface area contributed by atoms with Gasteiger partial charge in [-0.15, -0.1) is 0 Å². The van der Waals surface area contributed by atoms with E-state index in [-0.39, 0.29) is 11.2 Å². The summed E-state index contributed by atoms with van der Waals surface area (Å²) < 4.78 is 5.98. The number of ether oxygens (including phenoxy) is 1. The summed E-state index contributed by atoms with van der Waals surface area (Å²) in [6.45, 7) is 4.40. The van der Waals surface area contributed by atoms with Crippen molar-refractivity contribution in [3.05, 3.63) is 71.8 Å². The molecule has 3 aromatic carbocycles. The minimum absolute atomic E-state index is 0.0295. The Morgan fingerprint density at radius 1 is 1.07 bits per heavy atom. The second kappa shape index (κ2) is 7.51. The molecule has 4 heteroatoms. The number of amides is 1. The van der Waals surface area contributed by atoms with E-state index >= 15 is 0 Å². The second-order valence-corrected chi connectivity index (χ2v) is 8.66. The van der Waals surface area contributed by atoms with Gasteiger partial charge in [0.2, 0.25) is 5.91 Å². The third-order valence-electron chi connectivity index (χ3n) is 5.55. The minimum Gasteiger partial charge on any atom is -0.492 e. The van der Waals surface area contributed by atoms with Crippen molar-refractivity contribution in [2.24, 2.45) is 0 Å². The molecule has 0 spiro atoms. The van der Waals surface area contributed by atoms with Gasteiger partial charge in [0, 0.05) is 10.9 Å². The van der Waals surface area contributed by atoms with E-state index in [1.54, 1.807) is 0 Å². The smallest absolute Gasteiger partial charge is 0.234 e. The van der Waals surface area contributed by atoms with Crippen molar-refractivity contribution in [1.82, 2.24) is 0 Å². The average molecular weight is 392 g/mol. The number of hydrogen-bond acceptors (Lipinski definition) is 3. The van der Waals surface area contributed by atoms with Crippen molar-refractivity contribution in [2.45, 2.75) is 37.4 Å². The highest BCUT2D eigenvalue weighted by molar-refractivity contribution is 7.81. The topological polar surface area (TPSA) is 38.3 Å². The number of aryl methyl sites for hydroxylation is 1. The third-order valence-corrected chi connectivity index (χ3v) is 5.96. The number of anilines is 1. The van der Waals surface area contributed by atoms with Gasteiger partial charge in [-0.25, -0.2) is 0 Å². The van der Waals surface area contributed by atoms with E-state index in [4.69, 9.17) is 17.4 Å². The van der Waals surface area contributed by atoms with E-state index in [9.17, 15) is 4.79 Å². The number of nitrogens with one attached hydrogen (secondary N) is 1. The van der Waals surface area contributed by atoms with Gasteiger partial charge in [-0.1, -0.05) is 42.5 Å². The highest BCUT2D eigenvalue weighted by atomic mass is 32.1. The highest BCUT2D eigenvalue weighted by Gasteiger charge is 2.38. The Labute approximate surface area is 171 Å². The van der Waals surface area contributed by atoms with Gasteiger partial charge >= 0.3 is 0 Å². The van der Waals surface area contributed by atoms with Gasteiger partial charge in [-0.3, -0.25) is 4.79 Å². The van der Waals surface area contributed by atoms with Crippen molar-refractivity contribution < 1.29 is 9.53 Å². The van der Waals surface area contributed by atoms with Crippen LogP contribution in [0.15, 0.2) is 60.7 Å². The van der Waals surface area contributed by atoms with E-state index in [1.807, 2.05) is 32.0 Å². The zero-order valence-electron chi connectivity index (χ0n) is 16.2. The number of hydrogen-bond donors (Lipinski definition) is 2. The van der Waals surface area contributed by atoms with Crippen molar-refractivity contribution in [3.63, 3.8) is 0 Å². The maximum Gasteiger partial charge on any atom is 0.234 e. The van der Waals surface area contributed by atoms with Crippen molar-refractivity contribution >= 4 is 35.0 Å². The van der Waals surface area contributed by atoms with Gasteiger partial charge in [0.1, 0.15) is 5.75 Å². The molecule has 1 atom stereocenters. The number of carbonyl (C=O) groups excluding carboxylic acids is 1. The number of thiol groups is 1. The Morgan fingerprint density at radius 2 is 1.86 bits per heavy atom. The zero-order valence-corrected chi connectivity index (χ0v) is 17.1. The van der Waals surface area contributed by atoms with Crippen molar-refractivity contribution in [3.8, 4) is 5.75 Å². The lowest BCUT2D eigenvalue weighted by Gasteiger charge is -2.17. The molecular weight excluding hydrogens is 366 g/mol. The molecule has 0 saturated heterocycles. The summed E-state index contributed by atoms with van der Waals surface area (Å²) in [5, 5.41) is 5.65. The van der Waals surface area contributed by atoms with Gasteiger partial charge in [-0.2, -0.15) is 12.6 Å². The SMILES string of the molecule is CC1(C)C(=O)Nc2ccc(OCC(S)CCc3cccc4ccccc34)cc21. The summed E-state index contributed by atoms with van der Waals surface area (Å²) in [7, 11) is 0. The molecule has 0 bridgehead atoms. The van der Waals surface area contributed by atoms with Crippen LogP contribution < -0.4 is 10.1 Å². The normalized spacial score (nSPS) is 15.9. The molecule has 3 nitrogen and oxygen atoms in total. The van der Waals surface area contributed by atoms with Crippen LogP contribution in [-0.2, 0) is 16.6 Å². The number of carbonyl (C=O) groups is 1. The summed E-state index contributed by atoms with van der Waals surface area (Å²) in [5.41, 5.74) is 2.69. The Balaban J connectivity index is 1.37. The molecular formula is C24H25NO2S. The molecule has 1 aliphatic rings. The highest BCUT2D eigenvalue weighted by Crippen LogP contribution is 2.39. The summed E-state index contributed by atoms with van der Waals surface area (Å²) in [4.78, 5) is 12.1. The molecule has 0 saturated carbocycles. The van der Waals surface area contributed by atoms with Crippen molar-refractivity contribution in [1.29, 1.82) is 0 Å². The fourth-order valence-electron chi connectivity index (χ4n) is 3.75. The molecule has 28 heavy (non-hydrogen) atoms. The predicted octanol–water partition coefficient (Wildman–Crippen LogP) is 5.38. The van der Waals surface area contributed by atoms with Gasteiger partial charge < -0.3 is 10.1 Å². The molecule has 3 aromatic rings. The summed E-state index contributed by atoms with van der Waals surface area (Å²) in [5.74, 6) is 0.814. The Hall–Kier alpha value is -2.46. The Morgan fingerprint density at radius 3 is 2.71 bits per heavy atom. The first kappa shape index (κ1) is 18.9. The van der Waals surface area contributed by atoms with Crippen LogP contribution in [0.1, 0.15) is 31.4 Å². The molecule has 1 unspecified atom stereocenters. The lowest BCUT2D eigenvalue weighted by Crippen LogP contribution is -2.26. The molecule has 1 aliphatic heterocycles. The quantitative estimate of drug-likeness (QED) is 0.554. The molecule has 1 N–H and O–H groups in total. The molecule has 0 aliphatic carbocycles. The first-order valence-corrected chi connectivity index (χ1v) is 10.2. The predicted molar refractivity (Wildman–Crippen MR) is 119 cm³/mol. The van der Waals surface area contributed by atoms with Crippen LogP contribution in [0.2, 0.25) is 0 Å². The van der Waals surface area contributed by atoms with Crippen LogP contribution in [-0.4, -0.2) is 17.8 Å². The fourth-order valence-corrected chi connectivity index (χ4v) is 3.95. The minimum atomic E-state index is -0.524. The van der Waals surface area contributed by atoms with Gasteiger partial charge in [-0.05, 0) is 66.8 Å². The largest absolute Gasteiger partial charge is 0.492 e. The first-order chi connectivity index (χ1) is 13.4. The van der Waals surface area contributed by atoms with Crippen LogP contribution in [0.25, 0.3) is 10.8 Å². The van der Waals surface area contributed by atoms with E-state index in [1.165, 1.54) is 16.3 Å². The number of rotatable bonds is 6. The first-order valence-electron chi connectivity index (χ1n) is 9.68. The molecule has 0 fully saturated rings. The van der Waals surface area contributed by atoms with E-state index in [2.05, 4.69) is 47.8 Å². The standard InChI is InChI=1S/C24H25NO2S/c1-24(2)21-14-18(11-13-22(21)25-23(24)26)27-15-19(28)12-10-17-8-5-7-16-6-3-4-9-20(16)17/h3-9,11,13-14,19,28H,10,12,15H2,1-2H3,(H,25,26). The second-order valence-electron chi connectivity index (χ2n) is 7.93. The monoisotopic (exact) mass is 391 g/mol. The fraction of sp³-hybridized carbons (Fsp3) is 0.292. The van der Waals surface area contributed by atoms with E-state index in [0.29, 0.717) is 6.61 Å². The summed E-state index contributed by atoms with van der Waals surface area (Å²) in [6, 6.07) is 20.7. The zero-order chi connectivity index (χ0) is 19.7. The number of fused-ring (bicyclic) bond motifs is 2. The average Bonchev–Trinajstić information content (AvgIpc) is 2.93. The lowest BCUT2D eigenvalue weighted by molar-refractivity contribution is -0.119. The van der Waals surface area contributed by atoms with Crippen LogP contribution >= 0.6 is 12.6 Å². The Kier molecular flexibility index (Phi) is 5.07. The van der Waals surface area contributed by atoms with Crippen LogP contribution in [0, 0.1) is 0 Å². The van der Waals surface area contributed by atoms with Gasteiger partial charge in [0.25, 0.3) is 0 Å². The molecule has 0 aromatic heterocycles. The van der Waals surface area contributed by atoms with Crippen molar-refractivity contribution in [2.75, 3.05) is 11.9 Å². The van der Waals surface area contributed by atoms with Crippen LogP contribution in [0.5, 0.6) is 5.75 Å². The molecule has 1 heterocycles. The third kappa shape index (κ3) is 3.61. The van der Waals surface area contributed by atoms with Gasteiger partial charge in [0.15, 0.2) is 0 Å². The lowest BCUT2D eigenvalue weighted by atomic mass is 9.86. The van der Waals surface area contributed by atoms with E-state index in [0.717, 1.165) is 29.8 Å². The summed E-state index contributed by atoms with van der Waals surface area (Å²) >= 11 is 4.72. The molecule has 4 rings (SSSR count). The van der Waals surface area contributed by atoms with Crippen LogP contribution in [0.3, 0.4) is 0 Å². The molecule has 1 amide bonds. The van der Waals surface area contributed by atoms with Gasteiger partial charge in [0.05, 0.1) is 12.0 Å². The number of benzene rings is 3. The Bertz CT molecular complexity index is 1020. The maximum absolute atomic E-state index is 12.1. The van der Waals surface area contributed by atoms with E-state index < -0.39 is 5.41 Å². The van der Waals surface area contributed by atoms with Crippen LogP contribution in [0.4, 0.5) is 5.69 Å². The summed E-state index contributed by atoms with van der Waals surface area (Å²) in [6.07, 6.45) is 1.90. The molecule has 144 valence electrons.